The number of rotatable bonds is 1. The van der Waals surface area contributed by atoms with Gasteiger partial charge in [0.1, 0.15) is 0 Å². The molecule has 2 aromatic rings. The van der Waals surface area contributed by atoms with Crippen molar-refractivity contribution in [1.29, 1.82) is 0 Å². The first-order valence-electron chi connectivity index (χ1n) is 8.45. The fourth-order valence-corrected chi connectivity index (χ4v) is 4.73. The minimum atomic E-state index is 0.222. The van der Waals surface area contributed by atoms with E-state index in [4.69, 9.17) is 34.8 Å². The number of likely N-dealkylation sites (N-methyl/N-ethyl adjacent to an activating group) is 1. The van der Waals surface area contributed by atoms with Crippen LogP contribution in [0.25, 0.3) is 0 Å². The molecule has 2 aromatic carbocycles. The van der Waals surface area contributed by atoms with E-state index in [0.717, 1.165) is 36.9 Å². The van der Waals surface area contributed by atoms with Gasteiger partial charge in [0.25, 0.3) is 0 Å². The van der Waals surface area contributed by atoms with E-state index in [1.54, 1.807) is 0 Å². The fourth-order valence-electron chi connectivity index (χ4n) is 4.02. The molecule has 3 nitrogen and oxygen atoms in total. The highest BCUT2D eigenvalue weighted by Gasteiger charge is 2.39. The van der Waals surface area contributed by atoms with E-state index in [-0.39, 0.29) is 6.04 Å². The summed E-state index contributed by atoms with van der Waals surface area (Å²) in [4.78, 5) is 4.85. The van der Waals surface area contributed by atoms with Crippen molar-refractivity contribution >= 4 is 40.5 Å². The SMILES string of the molecule is CN1CCN(c2ccc(Cl)cc2Cl)[C@H]2c3ccc(Cl)cc3CNC[C@H]21. The first-order valence-corrected chi connectivity index (χ1v) is 9.59. The molecular weight excluding hydrogens is 377 g/mol. The fraction of sp³-hybridized carbons (Fsp3) is 0.368. The van der Waals surface area contributed by atoms with Crippen LogP contribution in [0.1, 0.15) is 17.2 Å². The van der Waals surface area contributed by atoms with E-state index in [1.807, 2.05) is 24.3 Å². The minimum Gasteiger partial charge on any atom is -0.360 e. The zero-order valence-electron chi connectivity index (χ0n) is 14.0. The molecule has 4 rings (SSSR count). The molecule has 2 heterocycles. The summed E-state index contributed by atoms with van der Waals surface area (Å²) in [5.74, 6) is 0. The largest absolute Gasteiger partial charge is 0.360 e. The summed E-state index contributed by atoms with van der Waals surface area (Å²) >= 11 is 18.9. The normalized spacial score (nSPS) is 23.8. The van der Waals surface area contributed by atoms with Crippen LogP contribution >= 0.6 is 34.8 Å². The van der Waals surface area contributed by atoms with Gasteiger partial charge in [-0.05, 0) is 48.5 Å². The maximum atomic E-state index is 6.55. The molecular formula is C19H20Cl3N3. The number of hydrogen-bond acceptors (Lipinski definition) is 3. The Morgan fingerprint density at radius 3 is 2.56 bits per heavy atom. The summed E-state index contributed by atoms with van der Waals surface area (Å²) in [6.45, 7) is 3.67. The quantitative estimate of drug-likeness (QED) is 0.759. The summed E-state index contributed by atoms with van der Waals surface area (Å²) in [5.41, 5.74) is 3.61. The Morgan fingerprint density at radius 1 is 1.00 bits per heavy atom. The zero-order valence-corrected chi connectivity index (χ0v) is 16.2. The van der Waals surface area contributed by atoms with E-state index in [2.05, 4.69) is 34.3 Å². The Bertz CT molecular complexity index is 795. The second-order valence-electron chi connectivity index (χ2n) is 6.76. The smallest absolute Gasteiger partial charge is 0.0714 e. The highest BCUT2D eigenvalue weighted by atomic mass is 35.5. The van der Waals surface area contributed by atoms with E-state index in [0.29, 0.717) is 16.1 Å². The number of piperazine rings is 1. The number of hydrogen-bond donors (Lipinski definition) is 1. The van der Waals surface area contributed by atoms with Gasteiger partial charge in [-0.15, -0.1) is 0 Å². The molecule has 25 heavy (non-hydrogen) atoms. The number of nitrogens with one attached hydrogen (secondary N) is 1. The van der Waals surface area contributed by atoms with Crippen molar-refractivity contribution in [3.05, 3.63) is 62.6 Å². The average molecular weight is 397 g/mol. The standard InChI is InChI=1S/C19H20Cl3N3/c1-24-6-7-25(17-5-3-14(21)9-16(17)22)19-15-4-2-13(20)8-12(15)10-23-11-18(19)24/h2-5,8-9,18-19,23H,6-7,10-11H2,1H3/t18-,19+/m1/s1. The van der Waals surface area contributed by atoms with Gasteiger partial charge in [-0.25, -0.2) is 0 Å². The van der Waals surface area contributed by atoms with Crippen LogP contribution in [0.3, 0.4) is 0 Å². The van der Waals surface area contributed by atoms with Crippen LogP contribution in [-0.2, 0) is 6.54 Å². The lowest BCUT2D eigenvalue weighted by Crippen LogP contribution is -2.56. The van der Waals surface area contributed by atoms with E-state index in [9.17, 15) is 0 Å². The average Bonchev–Trinajstić information content (AvgIpc) is 2.76. The molecule has 1 fully saturated rings. The third-order valence-electron chi connectivity index (χ3n) is 5.27. The van der Waals surface area contributed by atoms with Crippen LogP contribution in [0.5, 0.6) is 0 Å². The monoisotopic (exact) mass is 395 g/mol. The van der Waals surface area contributed by atoms with Crippen molar-refractivity contribution in [1.82, 2.24) is 10.2 Å². The lowest BCUT2D eigenvalue weighted by molar-refractivity contribution is 0.174. The van der Waals surface area contributed by atoms with Crippen molar-refractivity contribution < 1.29 is 0 Å². The predicted molar refractivity (Wildman–Crippen MR) is 106 cm³/mol. The van der Waals surface area contributed by atoms with Gasteiger partial charge in [-0.1, -0.05) is 40.9 Å². The van der Waals surface area contributed by atoms with E-state index >= 15 is 0 Å². The van der Waals surface area contributed by atoms with Gasteiger partial charge in [-0.3, -0.25) is 4.90 Å². The lowest BCUT2D eigenvalue weighted by Gasteiger charge is -2.47. The van der Waals surface area contributed by atoms with Crippen molar-refractivity contribution in [3.63, 3.8) is 0 Å². The number of nitrogens with zero attached hydrogens (tertiary/aromatic N) is 2. The van der Waals surface area contributed by atoms with Gasteiger partial charge in [0.15, 0.2) is 0 Å². The summed E-state index contributed by atoms with van der Waals surface area (Å²) in [7, 11) is 2.20. The van der Waals surface area contributed by atoms with Crippen molar-refractivity contribution in [2.24, 2.45) is 0 Å². The summed E-state index contributed by atoms with van der Waals surface area (Å²) in [6.07, 6.45) is 0. The third-order valence-corrected chi connectivity index (χ3v) is 6.04. The van der Waals surface area contributed by atoms with Crippen LogP contribution in [0.2, 0.25) is 15.1 Å². The van der Waals surface area contributed by atoms with Gasteiger partial charge in [-0.2, -0.15) is 0 Å². The van der Waals surface area contributed by atoms with Crippen LogP contribution in [0.4, 0.5) is 5.69 Å². The maximum Gasteiger partial charge on any atom is 0.0714 e. The van der Waals surface area contributed by atoms with Crippen LogP contribution in [-0.4, -0.2) is 37.6 Å². The molecule has 0 amide bonds. The van der Waals surface area contributed by atoms with Gasteiger partial charge in [0.2, 0.25) is 0 Å². The highest BCUT2D eigenvalue weighted by Crippen LogP contribution is 2.41. The molecule has 0 spiro atoms. The van der Waals surface area contributed by atoms with Crippen LogP contribution in [0, 0.1) is 0 Å². The molecule has 0 bridgehead atoms. The van der Waals surface area contributed by atoms with Crippen molar-refractivity contribution in [2.75, 3.05) is 31.6 Å². The van der Waals surface area contributed by atoms with Crippen molar-refractivity contribution in [2.45, 2.75) is 18.6 Å². The molecule has 1 saturated heterocycles. The predicted octanol–water partition coefficient (Wildman–Crippen LogP) is 4.61. The Hall–Kier alpha value is -0.970. The van der Waals surface area contributed by atoms with Crippen LogP contribution in [0.15, 0.2) is 36.4 Å². The number of halogens is 3. The molecule has 0 aromatic heterocycles. The topological polar surface area (TPSA) is 18.5 Å². The highest BCUT2D eigenvalue weighted by molar-refractivity contribution is 6.36. The molecule has 2 aliphatic heterocycles. The summed E-state index contributed by atoms with van der Waals surface area (Å²) in [5, 5.41) is 5.71. The molecule has 132 valence electrons. The Kier molecular flexibility index (Phi) is 4.87. The second-order valence-corrected chi connectivity index (χ2v) is 8.04. The van der Waals surface area contributed by atoms with Gasteiger partial charge in [0, 0.05) is 42.3 Å². The Morgan fingerprint density at radius 2 is 1.76 bits per heavy atom. The molecule has 0 radical (unpaired) electrons. The summed E-state index contributed by atoms with van der Waals surface area (Å²) < 4.78 is 0. The Balaban J connectivity index is 1.84. The number of fused-ring (bicyclic) bond motifs is 3. The van der Waals surface area contributed by atoms with Gasteiger partial charge in [0.05, 0.1) is 16.8 Å². The van der Waals surface area contributed by atoms with E-state index < -0.39 is 0 Å². The molecule has 0 aliphatic carbocycles. The van der Waals surface area contributed by atoms with E-state index in [1.165, 1.54) is 11.1 Å². The second kappa shape index (κ2) is 6.98. The first-order chi connectivity index (χ1) is 12.0. The first kappa shape index (κ1) is 17.4. The van der Waals surface area contributed by atoms with Gasteiger partial charge < -0.3 is 10.2 Å². The van der Waals surface area contributed by atoms with Gasteiger partial charge >= 0.3 is 0 Å². The molecule has 6 heteroatoms. The molecule has 2 atom stereocenters. The zero-order chi connectivity index (χ0) is 17.6. The van der Waals surface area contributed by atoms with Crippen molar-refractivity contribution in [3.8, 4) is 0 Å². The molecule has 2 aliphatic rings. The third kappa shape index (κ3) is 3.24. The maximum absolute atomic E-state index is 6.55. The molecule has 0 saturated carbocycles. The molecule has 0 unspecified atom stereocenters. The number of anilines is 1. The lowest BCUT2D eigenvalue weighted by atomic mass is 9.91. The van der Waals surface area contributed by atoms with Crippen LogP contribution < -0.4 is 10.2 Å². The number of benzene rings is 2. The minimum absolute atomic E-state index is 0.222. The molecule has 1 N–H and O–H groups in total. The Labute approximate surface area is 163 Å². The summed E-state index contributed by atoms with van der Waals surface area (Å²) in [6, 6.07) is 12.6.